The van der Waals surface area contributed by atoms with E-state index in [0.717, 1.165) is 5.69 Å². The largest absolute Gasteiger partial charge is 0.319 e. The number of nitrogens with zero attached hydrogens (tertiary/aromatic N) is 4. The molecule has 0 saturated heterocycles. The highest BCUT2D eigenvalue weighted by Crippen LogP contribution is 2.24. The molecule has 4 aromatic rings. The number of carbonyl (C=O) groups is 1. The van der Waals surface area contributed by atoms with Gasteiger partial charge < -0.3 is 5.32 Å². The minimum atomic E-state index is -0.589. The molecule has 0 aliphatic rings. The Morgan fingerprint density at radius 2 is 1.77 bits per heavy atom. The number of halogens is 1. The highest BCUT2D eigenvalue weighted by atomic mass is 35.5. The molecule has 0 atom stereocenters. The Hall–Kier alpha value is -4.04. The molecule has 0 aliphatic heterocycles. The van der Waals surface area contributed by atoms with Crippen molar-refractivity contribution in [3.8, 4) is 17.1 Å². The molecule has 0 saturated carbocycles. The fourth-order valence-electron chi connectivity index (χ4n) is 2.86. The summed E-state index contributed by atoms with van der Waals surface area (Å²) in [6, 6.07) is 22.0. The van der Waals surface area contributed by atoms with Gasteiger partial charge in [-0.15, -0.1) is 5.10 Å². The summed E-state index contributed by atoms with van der Waals surface area (Å²) in [5, 5.41) is 18.4. The normalized spacial score (nSPS) is 10.6. The number of aromatic nitrogens is 3. The van der Waals surface area contributed by atoms with Crippen LogP contribution in [-0.4, -0.2) is 25.6 Å². The van der Waals surface area contributed by atoms with Gasteiger partial charge in [-0.05, 0) is 30.3 Å². The SMILES string of the molecule is O=C(Nc1cccc([N+](=O)[O-])c1)c1nc(-c2cccc(Cl)c2)n(-c2ccccc2)n1. The Balaban J connectivity index is 1.73. The summed E-state index contributed by atoms with van der Waals surface area (Å²) < 4.78 is 1.55. The van der Waals surface area contributed by atoms with Crippen molar-refractivity contribution in [2.24, 2.45) is 0 Å². The van der Waals surface area contributed by atoms with Gasteiger partial charge in [0.25, 0.3) is 11.6 Å². The van der Waals surface area contributed by atoms with E-state index in [-0.39, 0.29) is 17.2 Å². The van der Waals surface area contributed by atoms with Crippen LogP contribution in [0.5, 0.6) is 0 Å². The zero-order chi connectivity index (χ0) is 21.1. The number of non-ortho nitro benzene ring substituents is 1. The van der Waals surface area contributed by atoms with E-state index in [0.29, 0.717) is 16.4 Å². The summed E-state index contributed by atoms with van der Waals surface area (Å²) in [6.07, 6.45) is 0. The average molecular weight is 420 g/mol. The van der Waals surface area contributed by atoms with Crippen LogP contribution in [0.4, 0.5) is 11.4 Å². The monoisotopic (exact) mass is 419 g/mol. The van der Waals surface area contributed by atoms with Gasteiger partial charge >= 0.3 is 0 Å². The predicted molar refractivity (Wildman–Crippen MR) is 113 cm³/mol. The first-order valence-corrected chi connectivity index (χ1v) is 9.23. The van der Waals surface area contributed by atoms with E-state index >= 15 is 0 Å². The van der Waals surface area contributed by atoms with Crippen LogP contribution in [0.1, 0.15) is 10.6 Å². The van der Waals surface area contributed by atoms with Crippen molar-refractivity contribution in [3.05, 3.63) is 99.8 Å². The molecule has 0 bridgehead atoms. The number of nitro benzene ring substituents is 1. The molecule has 9 heteroatoms. The fraction of sp³-hybridized carbons (Fsp3) is 0. The molecule has 1 heterocycles. The number of nitrogens with one attached hydrogen (secondary N) is 1. The molecule has 0 radical (unpaired) electrons. The second-order valence-electron chi connectivity index (χ2n) is 6.28. The fourth-order valence-corrected chi connectivity index (χ4v) is 3.05. The number of amides is 1. The minimum Gasteiger partial charge on any atom is -0.319 e. The van der Waals surface area contributed by atoms with Crippen molar-refractivity contribution in [2.45, 2.75) is 0 Å². The first-order chi connectivity index (χ1) is 14.5. The topological polar surface area (TPSA) is 103 Å². The van der Waals surface area contributed by atoms with Crippen LogP contribution in [-0.2, 0) is 0 Å². The Kier molecular flexibility index (Phi) is 5.23. The van der Waals surface area contributed by atoms with Gasteiger partial charge in [-0.2, -0.15) is 0 Å². The molecule has 0 unspecified atom stereocenters. The molecule has 0 aliphatic carbocycles. The van der Waals surface area contributed by atoms with Crippen LogP contribution in [0, 0.1) is 10.1 Å². The van der Waals surface area contributed by atoms with Gasteiger partial charge in [-0.1, -0.05) is 48.0 Å². The van der Waals surface area contributed by atoms with Crippen LogP contribution in [0.15, 0.2) is 78.9 Å². The lowest BCUT2D eigenvalue weighted by atomic mass is 10.2. The molecule has 3 aromatic carbocycles. The highest BCUT2D eigenvalue weighted by molar-refractivity contribution is 6.30. The average Bonchev–Trinajstić information content (AvgIpc) is 3.20. The number of benzene rings is 3. The van der Waals surface area contributed by atoms with Gasteiger partial charge in [0, 0.05) is 28.4 Å². The highest BCUT2D eigenvalue weighted by Gasteiger charge is 2.19. The van der Waals surface area contributed by atoms with Crippen LogP contribution in [0.3, 0.4) is 0 Å². The van der Waals surface area contributed by atoms with E-state index in [4.69, 9.17) is 11.6 Å². The molecule has 4 rings (SSSR count). The molecule has 148 valence electrons. The zero-order valence-electron chi connectivity index (χ0n) is 15.4. The van der Waals surface area contributed by atoms with Crippen molar-refractivity contribution in [3.63, 3.8) is 0 Å². The predicted octanol–water partition coefficient (Wildman–Crippen LogP) is 4.75. The standard InChI is InChI=1S/C21H14ClN5O3/c22-15-7-4-6-14(12-15)20-24-19(25-26(20)17-9-2-1-3-10-17)21(28)23-16-8-5-11-18(13-16)27(29)30/h1-13H,(H,23,28). The van der Waals surface area contributed by atoms with E-state index in [1.807, 2.05) is 36.4 Å². The number of carbonyl (C=O) groups excluding carboxylic acids is 1. The molecule has 1 aromatic heterocycles. The Morgan fingerprint density at radius 1 is 1.00 bits per heavy atom. The lowest BCUT2D eigenvalue weighted by molar-refractivity contribution is -0.384. The second kappa shape index (κ2) is 8.14. The summed E-state index contributed by atoms with van der Waals surface area (Å²) in [5.41, 5.74) is 1.55. The number of nitro groups is 1. The van der Waals surface area contributed by atoms with E-state index in [1.54, 1.807) is 28.9 Å². The zero-order valence-corrected chi connectivity index (χ0v) is 16.2. The molecule has 30 heavy (non-hydrogen) atoms. The Bertz CT molecular complexity index is 1240. The van der Waals surface area contributed by atoms with Gasteiger partial charge in [-0.25, -0.2) is 9.67 Å². The third-order valence-corrected chi connectivity index (χ3v) is 4.44. The number of para-hydroxylation sites is 1. The van der Waals surface area contributed by atoms with Crippen LogP contribution in [0.25, 0.3) is 17.1 Å². The van der Waals surface area contributed by atoms with Gasteiger partial charge in [-0.3, -0.25) is 14.9 Å². The quantitative estimate of drug-likeness (QED) is 0.371. The third-order valence-electron chi connectivity index (χ3n) is 4.21. The number of hydrogen-bond acceptors (Lipinski definition) is 5. The van der Waals surface area contributed by atoms with E-state index < -0.39 is 10.8 Å². The Labute approximate surface area is 175 Å². The van der Waals surface area contributed by atoms with Gasteiger partial charge in [0.15, 0.2) is 5.82 Å². The van der Waals surface area contributed by atoms with Gasteiger partial charge in [0.05, 0.1) is 10.6 Å². The van der Waals surface area contributed by atoms with E-state index in [1.165, 1.54) is 18.2 Å². The third kappa shape index (κ3) is 4.03. The van der Waals surface area contributed by atoms with Crippen LogP contribution < -0.4 is 5.32 Å². The molecule has 1 N–H and O–H groups in total. The van der Waals surface area contributed by atoms with Crippen molar-refractivity contribution >= 4 is 28.9 Å². The number of anilines is 1. The molecule has 8 nitrogen and oxygen atoms in total. The first-order valence-electron chi connectivity index (χ1n) is 8.85. The van der Waals surface area contributed by atoms with E-state index in [2.05, 4.69) is 15.4 Å². The summed E-state index contributed by atoms with van der Waals surface area (Å²) in [5.74, 6) is -0.235. The molecule has 0 fully saturated rings. The van der Waals surface area contributed by atoms with Crippen molar-refractivity contribution in [2.75, 3.05) is 5.32 Å². The van der Waals surface area contributed by atoms with Crippen LogP contribution in [0.2, 0.25) is 5.02 Å². The molecular weight excluding hydrogens is 406 g/mol. The van der Waals surface area contributed by atoms with Gasteiger partial charge in [0.1, 0.15) is 0 Å². The summed E-state index contributed by atoms with van der Waals surface area (Å²) in [6.45, 7) is 0. The maximum atomic E-state index is 12.7. The molecular formula is C21H14ClN5O3. The van der Waals surface area contributed by atoms with E-state index in [9.17, 15) is 14.9 Å². The lowest BCUT2D eigenvalue weighted by Crippen LogP contribution is -2.14. The maximum absolute atomic E-state index is 12.7. The lowest BCUT2D eigenvalue weighted by Gasteiger charge is -2.05. The summed E-state index contributed by atoms with van der Waals surface area (Å²) >= 11 is 6.12. The summed E-state index contributed by atoms with van der Waals surface area (Å²) in [4.78, 5) is 27.6. The molecule has 0 spiro atoms. The van der Waals surface area contributed by atoms with Crippen molar-refractivity contribution < 1.29 is 9.72 Å². The Morgan fingerprint density at radius 3 is 2.50 bits per heavy atom. The maximum Gasteiger partial charge on any atom is 0.295 e. The van der Waals surface area contributed by atoms with Crippen molar-refractivity contribution in [1.29, 1.82) is 0 Å². The number of hydrogen-bond donors (Lipinski definition) is 1. The minimum absolute atomic E-state index is 0.0830. The second-order valence-corrected chi connectivity index (χ2v) is 6.71. The first kappa shape index (κ1) is 19.3. The van der Waals surface area contributed by atoms with Crippen molar-refractivity contribution in [1.82, 2.24) is 14.8 Å². The summed E-state index contributed by atoms with van der Waals surface area (Å²) in [7, 11) is 0. The van der Waals surface area contributed by atoms with Gasteiger partial charge in [0.2, 0.25) is 5.82 Å². The smallest absolute Gasteiger partial charge is 0.295 e. The van der Waals surface area contributed by atoms with Crippen LogP contribution >= 0.6 is 11.6 Å². The molecule has 1 amide bonds. The number of rotatable bonds is 5.